The van der Waals surface area contributed by atoms with Crippen molar-refractivity contribution in [2.75, 3.05) is 7.05 Å². The first kappa shape index (κ1) is 19.0. The van der Waals surface area contributed by atoms with Crippen LogP contribution in [0.1, 0.15) is 12.0 Å². The molecule has 1 aliphatic rings. The van der Waals surface area contributed by atoms with Crippen molar-refractivity contribution >= 4 is 24.7 Å². The summed E-state index contributed by atoms with van der Waals surface area (Å²) < 4.78 is 14.4. The third-order valence-electron chi connectivity index (χ3n) is 3.72. The first-order chi connectivity index (χ1) is 11.9. The van der Waals surface area contributed by atoms with E-state index in [2.05, 4.69) is 18.1 Å². The third kappa shape index (κ3) is 5.58. The van der Waals surface area contributed by atoms with E-state index >= 15 is 0 Å². The number of carboxylic acid groups (broad SMARTS) is 1. The number of rotatable bonds is 5. The van der Waals surface area contributed by atoms with Gasteiger partial charge in [-0.2, -0.15) is 0 Å². The van der Waals surface area contributed by atoms with Gasteiger partial charge in [0.25, 0.3) is 5.91 Å². The van der Waals surface area contributed by atoms with Crippen molar-refractivity contribution in [3.63, 3.8) is 0 Å². The maximum absolute atomic E-state index is 12.9. The smallest absolute Gasteiger partial charge is 0.331 e. The van der Waals surface area contributed by atoms with Gasteiger partial charge in [-0.3, -0.25) is 4.79 Å². The van der Waals surface area contributed by atoms with Crippen LogP contribution < -0.4 is 5.32 Å². The number of halogens is 1. The molecule has 7 heteroatoms. The fourth-order valence-corrected chi connectivity index (χ4v) is 2.41. The number of amides is 1. The Labute approximate surface area is 151 Å². The molecule has 1 aliphatic carbocycles. The van der Waals surface area contributed by atoms with Gasteiger partial charge in [0.05, 0.1) is 6.04 Å². The lowest BCUT2D eigenvalue weighted by atomic mass is 10.0. The predicted octanol–water partition coefficient (Wildman–Crippen LogP) is 2.48. The molecule has 1 amide bonds. The van der Waals surface area contributed by atoms with Crippen LogP contribution in [0, 0.1) is 5.82 Å². The van der Waals surface area contributed by atoms with Crippen LogP contribution >= 0.6 is 12.8 Å². The van der Waals surface area contributed by atoms with Crippen LogP contribution in [-0.4, -0.2) is 34.4 Å². The molecule has 0 radical (unpaired) electrons. The zero-order valence-electron chi connectivity index (χ0n) is 13.6. The molecule has 1 unspecified atom stereocenters. The van der Waals surface area contributed by atoms with Gasteiger partial charge < -0.3 is 10.4 Å². The molecule has 1 atom stereocenters. The van der Waals surface area contributed by atoms with E-state index in [-0.39, 0.29) is 36.3 Å². The lowest BCUT2D eigenvalue weighted by Gasteiger charge is -2.18. The monoisotopic (exact) mass is 362 g/mol. The summed E-state index contributed by atoms with van der Waals surface area (Å²) in [5, 5.41) is 12.0. The quantitative estimate of drug-likeness (QED) is 0.704. The van der Waals surface area contributed by atoms with E-state index in [0.717, 1.165) is 5.56 Å². The summed E-state index contributed by atoms with van der Waals surface area (Å²) in [7, 11) is 1.70. The number of hydrogen-bond donors (Lipinski definition) is 3. The van der Waals surface area contributed by atoms with Gasteiger partial charge in [0.1, 0.15) is 5.82 Å². The Hall–Kier alpha value is -2.38. The number of allylic oxidation sites excluding steroid dienone is 1. The molecule has 1 aromatic rings. The fourth-order valence-electron chi connectivity index (χ4n) is 2.27. The van der Waals surface area contributed by atoms with E-state index in [1.54, 1.807) is 47.8 Å². The number of carbonyl (C=O) groups is 2. The van der Waals surface area contributed by atoms with E-state index in [4.69, 9.17) is 0 Å². The molecule has 0 fully saturated rings. The van der Waals surface area contributed by atoms with Crippen molar-refractivity contribution < 1.29 is 19.1 Å². The molecule has 0 saturated carbocycles. The molecule has 0 bridgehead atoms. The van der Waals surface area contributed by atoms with Gasteiger partial charge in [-0.1, -0.05) is 49.3 Å². The average molecular weight is 362 g/mol. The molecule has 25 heavy (non-hydrogen) atoms. The second kappa shape index (κ2) is 8.64. The highest BCUT2D eigenvalue weighted by atomic mass is 32.1. The highest BCUT2D eigenvalue weighted by Gasteiger charge is 2.16. The predicted molar refractivity (Wildman–Crippen MR) is 96.3 cm³/mol. The van der Waals surface area contributed by atoms with Gasteiger partial charge in [-0.05, 0) is 31.2 Å². The second-order valence-corrected chi connectivity index (χ2v) is 6.22. The summed E-state index contributed by atoms with van der Waals surface area (Å²) in [6, 6.07) is 5.49. The van der Waals surface area contributed by atoms with E-state index in [0.29, 0.717) is 5.57 Å². The van der Waals surface area contributed by atoms with Crippen molar-refractivity contribution in [1.82, 2.24) is 9.62 Å². The number of hydrogen-bond acceptors (Lipinski definition) is 4. The van der Waals surface area contributed by atoms with Crippen molar-refractivity contribution in [2.24, 2.45) is 0 Å². The van der Waals surface area contributed by atoms with Crippen LogP contribution in [0.25, 0.3) is 0 Å². The Morgan fingerprint density at radius 2 is 2.04 bits per heavy atom. The molecule has 0 heterocycles. The van der Waals surface area contributed by atoms with Crippen molar-refractivity contribution in [1.29, 1.82) is 0 Å². The Morgan fingerprint density at radius 1 is 1.36 bits per heavy atom. The maximum Gasteiger partial charge on any atom is 0.331 e. The molecular weight excluding hydrogens is 343 g/mol. The molecule has 0 saturated heterocycles. The highest BCUT2D eigenvalue weighted by Crippen LogP contribution is 2.16. The van der Waals surface area contributed by atoms with Crippen LogP contribution in [0.2, 0.25) is 0 Å². The zero-order chi connectivity index (χ0) is 18.4. The van der Waals surface area contributed by atoms with Crippen LogP contribution in [0.15, 0.2) is 59.7 Å². The lowest BCUT2D eigenvalue weighted by molar-refractivity contribution is -0.132. The van der Waals surface area contributed by atoms with Gasteiger partial charge in [0.2, 0.25) is 0 Å². The van der Waals surface area contributed by atoms with Gasteiger partial charge in [-0.25, -0.2) is 13.5 Å². The molecule has 0 aliphatic heterocycles. The fraction of sp³-hybridized carbons (Fsp3) is 0.222. The van der Waals surface area contributed by atoms with Crippen molar-refractivity contribution in [3.05, 3.63) is 71.1 Å². The van der Waals surface area contributed by atoms with Crippen molar-refractivity contribution in [2.45, 2.75) is 19.0 Å². The largest absolute Gasteiger partial charge is 0.478 e. The van der Waals surface area contributed by atoms with Gasteiger partial charge >= 0.3 is 5.97 Å². The summed E-state index contributed by atoms with van der Waals surface area (Å²) in [5.41, 5.74) is 1.33. The minimum atomic E-state index is -1.03. The zero-order valence-corrected chi connectivity index (χ0v) is 14.5. The topological polar surface area (TPSA) is 69.6 Å². The minimum Gasteiger partial charge on any atom is -0.478 e. The second-order valence-electron chi connectivity index (χ2n) is 5.59. The number of likely N-dealkylation sites (N-methyl/N-ethyl adjacent to an activating group) is 1. The van der Waals surface area contributed by atoms with E-state index in [1.807, 2.05) is 0 Å². The minimum absolute atomic E-state index is 0.136. The summed E-state index contributed by atoms with van der Waals surface area (Å²) in [6.07, 6.45) is 6.66. The number of nitrogens with zero attached hydrogens (tertiary/aromatic N) is 1. The summed E-state index contributed by atoms with van der Waals surface area (Å²) >= 11 is 4.21. The summed E-state index contributed by atoms with van der Waals surface area (Å²) in [5.74, 6) is -1.69. The average Bonchev–Trinajstić information content (AvgIpc) is 2.53. The number of carbonyl (C=O) groups excluding carboxylic acids is 1. The standard InChI is InChI=1S/C18H19FN2O3S/c1-21(25)16-9-6-13(4-5-14(10-16)18(23)24)17(22)20-11-12-2-7-15(19)8-3-12/h2-4,6-10,16,25H,5,11H2,1H3,(H,20,22)(H,23,24)/b9-6?,13-4+,14-10+. The van der Waals surface area contributed by atoms with Gasteiger partial charge in [0, 0.05) is 17.7 Å². The van der Waals surface area contributed by atoms with Crippen LogP contribution in [-0.2, 0) is 16.1 Å². The first-order valence-electron chi connectivity index (χ1n) is 7.63. The molecule has 5 nitrogen and oxygen atoms in total. The highest BCUT2D eigenvalue weighted by molar-refractivity contribution is 7.77. The first-order valence-corrected chi connectivity index (χ1v) is 8.03. The Kier molecular flexibility index (Phi) is 6.55. The molecule has 2 N–H and O–H groups in total. The van der Waals surface area contributed by atoms with Crippen molar-refractivity contribution in [3.8, 4) is 0 Å². The molecule has 132 valence electrons. The molecule has 0 aromatic heterocycles. The lowest BCUT2D eigenvalue weighted by Crippen LogP contribution is -2.25. The number of benzene rings is 1. The molecule has 2 rings (SSSR count). The van der Waals surface area contributed by atoms with Gasteiger partial charge in [-0.15, -0.1) is 0 Å². The normalized spacial score (nSPS) is 21.5. The number of carboxylic acids is 1. The maximum atomic E-state index is 12.9. The summed E-state index contributed by atoms with van der Waals surface area (Å²) in [4.78, 5) is 23.7. The Bertz CT molecular complexity index is 739. The van der Waals surface area contributed by atoms with Crippen LogP contribution in [0.3, 0.4) is 0 Å². The van der Waals surface area contributed by atoms with E-state index in [9.17, 15) is 19.1 Å². The van der Waals surface area contributed by atoms with E-state index in [1.165, 1.54) is 12.1 Å². The number of nitrogens with one attached hydrogen (secondary N) is 1. The number of thiol groups is 1. The van der Waals surface area contributed by atoms with Crippen LogP contribution in [0.5, 0.6) is 0 Å². The molecule has 0 spiro atoms. The Balaban J connectivity index is 2.11. The molecular formula is C18H19FN2O3S. The SMILES string of the molecule is CN(S)C1C=C/C(C(=O)NCc2ccc(F)cc2)=C\C/C(C(=O)O)=C\1. The van der Waals surface area contributed by atoms with E-state index < -0.39 is 5.97 Å². The molecule has 1 aromatic carbocycles. The third-order valence-corrected chi connectivity index (χ3v) is 3.99. The van der Waals surface area contributed by atoms with Crippen LogP contribution in [0.4, 0.5) is 4.39 Å². The number of aliphatic carboxylic acids is 1. The Morgan fingerprint density at radius 3 is 2.64 bits per heavy atom. The summed E-state index contributed by atoms with van der Waals surface area (Å²) in [6.45, 7) is 0.252. The van der Waals surface area contributed by atoms with Gasteiger partial charge in [0.15, 0.2) is 0 Å².